The third kappa shape index (κ3) is 6.41. The molecule has 0 saturated carbocycles. The first-order chi connectivity index (χ1) is 12.9. The van der Waals surface area contributed by atoms with E-state index < -0.39 is 4.92 Å². The van der Waals surface area contributed by atoms with Crippen LogP contribution >= 0.6 is 11.8 Å². The molecule has 2 amide bonds. The Labute approximate surface area is 161 Å². The highest BCUT2D eigenvalue weighted by atomic mass is 32.2. The van der Waals surface area contributed by atoms with E-state index in [2.05, 4.69) is 10.6 Å². The van der Waals surface area contributed by atoms with Gasteiger partial charge in [0.05, 0.1) is 10.7 Å². The zero-order valence-corrected chi connectivity index (χ0v) is 16.0. The van der Waals surface area contributed by atoms with E-state index in [0.29, 0.717) is 23.4 Å². The maximum Gasteiger partial charge on any atom is 0.269 e. The van der Waals surface area contributed by atoms with E-state index >= 15 is 0 Å². The number of non-ortho nitro benzene ring substituents is 1. The molecular formula is C19H21N3O4S. The number of nitrogens with zero attached hydrogens (tertiary/aromatic N) is 1. The molecule has 2 aromatic carbocycles. The van der Waals surface area contributed by atoms with Gasteiger partial charge in [-0.15, -0.1) is 11.8 Å². The fraction of sp³-hybridized carbons (Fsp3) is 0.263. The minimum atomic E-state index is -0.471. The van der Waals surface area contributed by atoms with Gasteiger partial charge in [0, 0.05) is 34.8 Å². The molecule has 0 aliphatic rings. The highest BCUT2D eigenvalue weighted by Gasteiger charge is 2.11. The van der Waals surface area contributed by atoms with Gasteiger partial charge in [0.15, 0.2) is 0 Å². The minimum Gasteiger partial charge on any atom is -0.326 e. The van der Waals surface area contributed by atoms with Crippen LogP contribution < -0.4 is 10.6 Å². The van der Waals surface area contributed by atoms with E-state index in [-0.39, 0.29) is 23.3 Å². The quantitative estimate of drug-likeness (QED) is 0.398. The normalized spacial score (nSPS) is 10.3. The van der Waals surface area contributed by atoms with Crippen LogP contribution in [0.4, 0.5) is 17.1 Å². The van der Waals surface area contributed by atoms with Gasteiger partial charge in [-0.3, -0.25) is 19.7 Å². The number of carbonyl (C=O) groups excluding carboxylic acids is 2. The van der Waals surface area contributed by atoms with E-state index in [9.17, 15) is 19.7 Å². The summed E-state index contributed by atoms with van der Waals surface area (Å²) < 4.78 is 0. The zero-order valence-electron chi connectivity index (χ0n) is 15.2. The number of hydrogen-bond acceptors (Lipinski definition) is 5. The molecule has 0 saturated heterocycles. The van der Waals surface area contributed by atoms with Gasteiger partial charge in [0.25, 0.3) is 5.69 Å². The average molecular weight is 387 g/mol. The summed E-state index contributed by atoms with van der Waals surface area (Å²) in [5.41, 5.74) is 1.86. The SMILES string of the molecule is CCCC(=O)Nc1cccc(SCC(=O)Nc2ccc([N+](=O)[O-])cc2C)c1. The van der Waals surface area contributed by atoms with Crippen molar-refractivity contribution in [3.05, 3.63) is 58.1 Å². The van der Waals surface area contributed by atoms with Gasteiger partial charge in [0.1, 0.15) is 0 Å². The van der Waals surface area contributed by atoms with Crippen molar-refractivity contribution in [1.82, 2.24) is 0 Å². The first-order valence-corrected chi connectivity index (χ1v) is 9.45. The monoisotopic (exact) mass is 387 g/mol. The van der Waals surface area contributed by atoms with Gasteiger partial charge in [-0.05, 0) is 43.2 Å². The van der Waals surface area contributed by atoms with Crippen LogP contribution in [0.25, 0.3) is 0 Å². The summed E-state index contributed by atoms with van der Waals surface area (Å²) in [6.45, 7) is 3.65. The molecule has 0 spiro atoms. The molecule has 0 heterocycles. The number of benzene rings is 2. The molecule has 0 fully saturated rings. The second-order valence-electron chi connectivity index (χ2n) is 5.92. The molecule has 2 rings (SSSR count). The number of anilines is 2. The fourth-order valence-electron chi connectivity index (χ4n) is 2.35. The van der Waals surface area contributed by atoms with Crippen LogP contribution in [0, 0.1) is 17.0 Å². The van der Waals surface area contributed by atoms with Crippen LogP contribution in [0.1, 0.15) is 25.3 Å². The van der Waals surface area contributed by atoms with Crippen molar-refractivity contribution in [2.24, 2.45) is 0 Å². The average Bonchev–Trinajstić information content (AvgIpc) is 2.62. The number of nitro benzene ring substituents is 1. The molecule has 0 aliphatic heterocycles. The van der Waals surface area contributed by atoms with E-state index in [1.54, 1.807) is 13.0 Å². The lowest BCUT2D eigenvalue weighted by atomic mass is 10.2. The molecule has 8 heteroatoms. The van der Waals surface area contributed by atoms with Crippen molar-refractivity contribution in [1.29, 1.82) is 0 Å². The predicted octanol–water partition coefficient (Wildman–Crippen LogP) is 4.37. The number of amides is 2. The molecule has 0 bridgehead atoms. The van der Waals surface area contributed by atoms with Crippen molar-refractivity contribution in [3.8, 4) is 0 Å². The maximum atomic E-state index is 12.2. The Morgan fingerprint density at radius 1 is 1.11 bits per heavy atom. The summed E-state index contributed by atoms with van der Waals surface area (Å²) >= 11 is 1.34. The molecule has 0 aromatic heterocycles. The van der Waals surface area contributed by atoms with Crippen LogP contribution in [0.2, 0.25) is 0 Å². The van der Waals surface area contributed by atoms with Crippen LogP contribution in [0.15, 0.2) is 47.4 Å². The number of nitrogens with one attached hydrogen (secondary N) is 2. The lowest BCUT2D eigenvalue weighted by Gasteiger charge is -2.09. The Balaban J connectivity index is 1.92. The first-order valence-electron chi connectivity index (χ1n) is 8.46. The number of rotatable bonds is 8. The second kappa shape index (κ2) is 9.72. The standard InChI is InChI=1S/C19H21N3O4S/c1-3-5-18(23)20-14-6-4-7-16(11-14)27-12-19(24)21-17-9-8-15(22(25)26)10-13(17)2/h4,6-11H,3,5,12H2,1-2H3,(H,20,23)(H,21,24). The second-order valence-corrected chi connectivity index (χ2v) is 6.97. The number of hydrogen-bond donors (Lipinski definition) is 2. The largest absolute Gasteiger partial charge is 0.326 e. The molecule has 2 N–H and O–H groups in total. The Morgan fingerprint density at radius 3 is 2.56 bits per heavy atom. The first kappa shape index (κ1) is 20.4. The Morgan fingerprint density at radius 2 is 1.89 bits per heavy atom. The van der Waals surface area contributed by atoms with E-state index in [0.717, 1.165) is 11.3 Å². The Hall–Kier alpha value is -2.87. The van der Waals surface area contributed by atoms with Gasteiger partial charge in [-0.25, -0.2) is 0 Å². The molecule has 7 nitrogen and oxygen atoms in total. The highest BCUT2D eigenvalue weighted by Crippen LogP contribution is 2.24. The molecule has 27 heavy (non-hydrogen) atoms. The third-order valence-electron chi connectivity index (χ3n) is 3.66. The molecule has 142 valence electrons. The lowest BCUT2D eigenvalue weighted by Crippen LogP contribution is -2.15. The third-order valence-corrected chi connectivity index (χ3v) is 4.65. The molecule has 0 aliphatic carbocycles. The van der Waals surface area contributed by atoms with Crippen molar-refractivity contribution < 1.29 is 14.5 Å². The highest BCUT2D eigenvalue weighted by molar-refractivity contribution is 8.00. The maximum absolute atomic E-state index is 12.2. The van der Waals surface area contributed by atoms with Crippen LogP contribution in [0.3, 0.4) is 0 Å². The van der Waals surface area contributed by atoms with E-state index in [1.165, 1.54) is 30.0 Å². The summed E-state index contributed by atoms with van der Waals surface area (Å²) in [7, 11) is 0. The molecule has 0 atom stereocenters. The fourth-order valence-corrected chi connectivity index (χ4v) is 3.11. The smallest absolute Gasteiger partial charge is 0.269 e. The van der Waals surface area contributed by atoms with Crippen LogP contribution in [-0.4, -0.2) is 22.5 Å². The van der Waals surface area contributed by atoms with E-state index in [4.69, 9.17) is 0 Å². The van der Waals surface area contributed by atoms with Gasteiger partial charge in [0.2, 0.25) is 11.8 Å². The minimum absolute atomic E-state index is 0.0122. The number of aryl methyl sites for hydroxylation is 1. The molecular weight excluding hydrogens is 366 g/mol. The Bertz CT molecular complexity index is 855. The Kier molecular flexibility index (Phi) is 7.36. The van der Waals surface area contributed by atoms with Gasteiger partial charge in [-0.1, -0.05) is 13.0 Å². The lowest BCUT2D eigenvalue weighted by molar-refractivity contribution is -0.384. The summed E-state index contributed by atoms with van der Waals surface area (Å²) in [6, 6.07) is 11.6. The summed E-state index contributed by atoms with van der Waals surface area (Å²) in [5.74, 6) is -0.0635. The molecule has 0 unspecified atom stereocenters. The van der Waals surface area contributed by atoms with Gasteiger partial charge >= 0.3 is 0 Å². The van der Waals surface area contributed by atoms with Crippen molar-refractivity contribution in [2.75, 3.05) is 16.4 Å². The topological polar surface area (TPSA) is 101 Å². The number of nitro groups is 1. The van der Waals surface area contributed by atoms with Crippen molar-refractivity contribution in [2.45, 2.75) is 31.6 Å². The van der Waals surface area contributed by atoms with Crippen LogP contribution in [0.5, 0.6) is 0 Å². The summed E-state index contributed by atoms with van der Waals surface area (Å²) in [6.07, 6.45) is 1.25. The zero-order chi connectivity index (χ0) is 19.8. The molecule has 2 aromatic rings. The number of carbonyl (C=O) groups is 2. The van der Waals surface area contributed by atoms with Crippen molar-refractivity contribution >= 4 is 40.6 Å². The van der Waals surface area contributed by atoms with Gasteiger partial charge in [-0.2, -0.15) is 0 Å². The van der Waals surface area contributed by atoms with Crippen molar-refractivity contribution in [3.63, 3.8) is 0 Å². The number of thioether (sulfide) groups is 1. The van der Waals surface area contributed by atoms with Gasteiger partial charge < -0.3 is 10.6 Å². The van der Waals surface area contributed by atoms with E-state index in [1.807, 2.05) is 25.1 Å². The summed E-state index contributed by atoms with van der Waals surface area (Å²) in [5, 5.41) is 16.3. The summed E-state index contributed by atoms with van der Waals surface area (Å²) in [4.78, 5) is 35.0. The van der Waals surface area contributed by atoms with Crippen LogP contribution in [-0.2, 0) is 9.59 Å². The molecule has 0 radical (unpaired) electrons. The predicted molar refractivity (Wildman–Crippen MR) is 107 cm³/mol.